The molecule has 1 aromatic rings. The molecule has 3 heteroatoms. The molecule has 0 aliphatic carbocycles. The van der Waals surface area contributed by atoms with Gasteiger partial charge in [0.2, 0.25) is 0 Å². The Morgan fingerprint density at radius 2 is 2.00 bits per heavy atom. The van der Waals surface area contributed by atoms with Gasteiger partial charge < -0.3 is 5.32 Å². The highest BCUT2D eigenvalue weighted by Gasteiger charge is 1.89. The van der Waals surface area contributed by atoms with Crippen molar-refractivity contribution in [3.05, 3.63) is 34.9 Å². The molecule has 58 valence electrons. The third kappa shape index (κ3) is 2.87. The molecule has 0 bridgehead atoms. The Morgan fingerprint density at radius 3 is 2.55 bits per heavy atom. The monoisotopic (exact) mass is 185 g/mol. The minimum Gasteiger partial charge on any atom is -0.378 e. The highest BCUT2D eigenvalue weighted by atomic mass is 35.5. The van der Waals surface area contributed by atoms with Crippen LogP contribution in [0.15, 0.2) is 24.3 Å². The maximum Gasteiger partial charge on any atom is 0.0617 e. The average molecular weight is 186 g/mol. The van der Waals surface area contributed by atoms with Crippen LogP contribution in [0.3, 0.4) is 0 Å². The van der Waals surface area contributed by atoms with E-state index in [1.165, 1.54) is 11.1 Å². The predicted molar refractivity (Wildman–Crippen MR) is 51.9 cm³/mol. The van der Waals surface area contributed by atoms with Gasteiger partial charge in [-0.15, -0.1) is 0 Å². The van der Waals surface area contributed by atoms with Gasteiger partial charge in [-0.05, 0) is 17.7 Å². The van der Waals surface area contributed by atoms with Gasteiger partial charge in [0.15, 0.2) is 0 Å². The van der Waals surface area contributed by atoms with E-state index < -0.39 is 0 Å². The molecule has 0 spiro atoms. The minimum absolute atomic E-state index is 0.760. The summed E-state index contributed by atoms with van der Waals surface area (Å²) in [5.41, 5.74) is 2.68. The summed E-state index contributed by atoms with van der Waals surface area (Å²) in [5.74, 6) is 0. The molecule has 1 nitrogen and oxygen atoms in total. The highest BCUT2D eigenvalue weighted by Crippen LogP contribution is 2.08. The number of halogens is 1. The summed E-state index contributed by atoms with van der Waals surface area (Å²) in [6.45, 7) is 0.765. The van der Waals surface area contributed by atoms with Crippen molar-refractivity contribution in [1.82, 2.24) is 5.32 Å². The molecule has 0 saturated carbocycles. The van der Waals surface area contributed by atoms with Gasteiger partial charge in [-0.25, -0.2) is 0 Å². The van der Waals surface area contributed by atoms with E-state index in [0.29, 0.717) is 0 Å². The van der Waals surface area contributed by atoms with Crippen LogP contribution in [0.1, 0.15) is 5.56 Å². The molecule has 0 amide bonds. The molecule has 0 heterocycles. The zero-order valence-corrected chi connectivity index (χ0v) is 7.45. The van der Waals surface area contributed by atoms with Crippen molar-refractivity contribution >= 4 is 29.3 Å². The van der Waals surface area contributed by atoms with Crippen molar-refractivity contribution < 1.29 is 0 Å². The fourth-order valence-electron chi connectivity index (χ4n) is 0.762. The Hall–Kier alpha value is -0.600. The van der Waals surface area contributed by atoms with Crippen LogP contribution in [-0.2, 0) is 6.54 Å². The molecular weight excluding hydrogens is 178 g/mol. The van der Waals surface area contributed by atoms with Crippen LogP contribution in [0, 0.1) is 0 Å². The van der Waals surface area contributed by atoms with Crippen LogP contribution >= 0.6 is 23.8 Å². The highest BCUT2D eigenvalue weighted by molar-refractivity contribution is 7.78. The van der Waals surface area contributed by atoms with E-state index in [1.807, 2.05) is 24.3 Å². The minimum atomic E-state index is 0.760. The zero-order chi connectivity index (χ0) is 8.10. The number of hydrogen-bond donors (Lipinski definition) is 1. The van der Waals surface area contributed by atoms with Crippen molar-refractivity contribution in [3.63, 3.8) is 0 Å². The first-order valence-corrected chi connectivity index (χ1v) is 4.09. The fraction of sp³-hybridized carbons (Fsp3) is 0.125. The predicted octanol–water partition coefficient (Wildman–Crippen LogP) is 2.39. The Labute approximate surface area is 76.4 Å². The van der Waals surface area contributed by atoms with Crippen molar-refractivity contribution in [2.45, 2.75) is 6.54 Å². The number of thiocarbonyl (C=S) groups is 1. The summed E-state index contributed by atoms with van der Waals surface area (Å²) < 4.78 is 0. The van der Waals surface area contributed by atoms with E-state index in [9.17, 15) is 0 Å². The normalized spacial score (nSPS) is 9.18. The van der Waals surface area contributed by atoms with Crippen LogP contribution < -0.4 is 5.32 Å². The van der Waals surface area contributed by atoms with E-state index in [1.54, 1.807) is 0 Å². The summed E-state index contributed by atoms with van der Waals surface area (Å²) in [5, 5.41) is 3.69. The Kier molecular flexibility index (Phi) is 3.33. The topological polar surface area (TPSA) is 12.0 Å². The van der Waals surface area contributed by atoms with E-state index >= 15 is 0 Å². The van der Waals surface area contributed by atoms with Crippen molar-refractivity contribution in [2.24, 2.45) is 0 Å². The smallest absolute Gasteiger partial charge is 0.0617 e. The molecule has 11 heavy (non-hydrogen) atoms. The van der Waals surface area contributed by atoms with E-state index in [-0.39, 0.29) is 0 Å². The van der Waals surface area contributed by atoms with Crippen LogP contribution in [0.4, 0.5) is 0 Å². The molecular formula is C8H8ClNS. The molecule has 0 aromatic heterocycles. The average Bonchev–Trinajstić information content (AvgIpc) is 2.04. The molecule has 0 saturated heterocycles. The van der Waals surface area contributed by atoms with Gasteiger partial charge in [0, 0.05) is 11.6 Å². The first-order valence-electron chi connectivity index (χ1n) is 3.24. The summed E-state index contributed by atoms with van der Waals surface area (Å²) in [7, 11) is 0. The van der Waals surface area contributed by atoms with Gasteiger partial charge in [-0.2, -0.15) is 0 Å². The second kappa shape index (κ2) is 4.31. The van der Waals surface area contributed by atoms with Crippen LogP contribution in [0.5, 0.6) is 0 Å². The quantitative estimate of drug-likeness (QED) is 0.726. The summed E-state index contributed by atoms with van der Waals surface area (Å²) in [6, 6.07) is 7.66. The third-order valence-corrected chi connectivity index (χ3v) is 1.72. The molecule has 0 radical (unpaired) electrons. The third-order valence-electron chi connectivity index (χ3n) is 1.30. The van der Waals surface area contributed by atoms with Crippen LogP contribution in [-0.4, -0.2) is 5.49 Å². The van der Waals surface area contributed by atoms with Gasteiger partial charge in [-0.3, -0.25) is 0 Å². The Balaban J connectivity index is 2.58. The summed E-state index contributed by atoms with van der Waals surface area (Å²) in [4.78, 5) is 0. The van der Waals surface area contributed by atoms with Crippen LogP contribution in [0.2, 0.25) is 5.02 Å². The fourth-order valence-corrected chi connectivity index (χ4v) is 0.971. The standard InChI is InChI=1S/C8H8ClNS/c9-8-3-1-7(2-4-8)5-10-6-11/h1-4,6H,5H2,(H,10,11). The maximum absolute atomic E-state index is 5.70. The molecule has 1 N–H and O–H groups in total. The molecule has 0 unspecified atom stereocenters. The van der Waals surface area contributed by atoms with E-state index in [0.717, 1.165) is 11.6 Å². The second-order valence-corrected chi connectivity index (χ2v) is 2.80. The van der Waals surface area contributed by atoms with Gasteiger partial charge in [0.25, 0.3) is 0 Å². The molecule has 0 aliphatic rings. The van der Waals surface area contributed by atoms with Gasteiger partial charge in [0.05, 0.1) is 5.49 Å². The lowest BCUT2D eigenvalue weighted by molar-refractivity contribution is 0.944. The van der Waals surface area contributed by atoms with Crippen molar-refractivity contribution in [1.29, 1.82) is 0 Å². The number of rotatable bonds is 3. The zero-order valence-electron chi connectivity index (χ0n) is 5.88. The van der Waals surface area contributed by atoms with E-state index in [4.69, 9.17) is 11.6 Å². The maximum atomic E-state index is 5.70. The molecule has 1 rings (SSSR count). The molecule has 0 fully saturated rings. The van der Waals surface area contributed by atoms with Gasteiger partial charge in [-0.1, -0.05) is 36.0 Å². The number of hydrogen-bond acceptors (Lipinski definition) is 1. The van der Waals surface area contributed by atoms with Crippen LogP contribution in [0.25, 0.3) is 0 Å². The lowest BCUT2D eigenvalue weighted by Crippen LogP contribution is -2.07. The van der Waals surface area contributed by atoms with Gasteiger partial charge >= 0.3 is 0 Å². The SMILES string of the molecule is S=CNCc1ccc(Cl)cc1. The second-order valence-electron chi connectivity index (χ2n) is 2.13. The molecule has 0 atom stereocenters. The van der Waals surface area contributed by atoms with E-state index in [2.05, 4.69) is 17.5 Å². The summed E-state index contributed by atoms with van der Waals surface area (Å²) in [6.07, 6.45) is 0. The van der Waals surface area contributed by atoms with Crippen molar-refractivity contribution in [3.8, 4) is 0 Å². The lowest BCUT2D eigenvalue weighted by Gasteiger charge is -1.99. The number of nitrogens with one attached hydrogen (secondary N) is 1. The lowest BCUT2D eigenvalue weighted by atomic mass is 10.2. The molecule has 0 aliphatic heterocycles. The number of benzene rings is 1. The first kappa shape index (κ1) is 8.50. The molecule has 1 aromatic carbocycles. The van der Waals surface area contributed by atoms with Crippen molar-refractivity contribution in [2.75, 3.05) is 0 Å². The first-order chi connectivity index (χ1) is 5.33. The summed E-state index contributed by atoms with van der Waals surface area (Å²) >= 11 is 10.3. The Morgan fingerprint density at radius 1 is 1.36 bits per heavy atom. The van der Waals surface area contributed by atoms with Gasteiger partial charge in [0.1, 0.15) is 0 Å². The Bertz CT molecular complexity index is 232. The largest absolute Gasteiger partial charge is 0.378 e.